The van der Waals surface area contributed by atoms with Crippen molar-refractivity contribution in [3.63, 3.8) is 0 Å². The summed E-state index contributed by atoms with van der Waals surface area (Å²) in [6, 6.07) is 5.76. The Morgan fingerprint density at radius 3 is 2.74 bits per heavy atom. The van der Waals surface area contributed by atoms with E-state index in [1.54, 1.807) is 0 Å². The van der Waals surface area contributed by atoms with Crippen LogP contribution in [0.5, 0.6) is 5.75 Å². The van der Waals surface area contributed by atoms with Gasteiger partial charge in [0, 0.05) is 6.07 Å². The minimum absolute atomic E-state index is 0.0365. The highest BCUT2D eigenvalue weighted by Crippen LogP contribution is 2.35. The number of thioether (sulfide) groups is 1. The van der Waals surface area contributed by atoms with Gasteiger partial charge in [-0.3, -0.25) is 15.1 Å². The highest BCUT2D eigenvalue weighted by molar-refractivity contribution is 8.15. The van der Waals surface area contributed by atoms with Crippen LogP contribution in [0.2, 0.25) is 0 Å². The number of carbonyl (C=O) groups excluding carboxylic acids is 1. The molecule has 1 aliphatic heterocycles. The first kappa shape index (κ1) is 13.9. The van der Waals surface area contributed by atoms with Crippen molar-refractivity contribution in [1.29, 1.82) is 5.41 Å². The van der Waals surface area contributed by atoms with E-state index in [0.717, 1.165) is 17.0 Å². The third-order valence-electron chi connectivity index (χ3n) is 2.96. The normalized spacial score (nSPS) is 15.5. The molecule has 0 aliphatic carbocycles. The second kappa shape index (κ2) is 5.65. The van der Waals surface area contributed by atoms with E-state index < -0.39 is 0 Å². The molecule has 1 aromatic carbocycles. The number of hydrogen-bond acceptors (Lipinski definition) is 4. The van der Waals surface area contributed by atoms with Gasteiger partial charge < -0.3 is 4.74 Å². The Kier molecular flexibility index (Phi) is 4.14. The molecule has 102 valence electrons. The Bertz CT molecular complexity index is 498. The van der Waals surface area contributed by atoms with Crippen LogP contribution in [0, 0.1) is 5.41 Å². The Morgan fingerprint density at radius 2 is 2.21 bits per heavy atom. The first-order chi connectivity index (χ1) is 9.04. The number of ether oxygens (including phenoxy) is 1. The Hall–Kier alpha value is -1.49. The molecule has 0 aromatic heterocycles. The van der Waals surface area contributed by atoms with Crippen molar-refractivity contribution in [2.24, 2.45) is 0 Å². The molecule has 1 N–H and O–H groups in total. The van der Waals surface area contributed by atoms with Crippen LogP contribution in [-0.2, 0) is 4.79 Å². The van der Waals surface area contributed by atoms with Gasteiger partial charge in [0.05, 0.1) is 18.0 Å². The molecule has 1 aromatic rings. The van der Waals surface area contributed by atoms with E-state index in [9.17, 15) is 4.79 Å². The van der Waals surface area contributed by atoms with E-state index in [0.29, 0.717) is 17.5 Å². The van der Waals surface area contributed by atoms with E-state index in [-0.39, 0.29) is 11.8 Å². The topological polar surface area (TPSA) is 53.4 Å². The van der Waals surface area contributed by atoms with Crippen LogP contribution in [0.1, 0.15) is 32.3 Å². The van der Waals surface area contributed by atoms with Gasteiger partial charge in [-0.1, -0.05) is 31.7 Å². The number of amidine groups is 1. The summed E-state index contributed by atoms with van der Waals surface area (Å²) in [4.78, 5) is 13.4. The number of hydrogen-bond donors (Lipinski definition) is 1. The fraction of sp³-hybridized carbons (Fsp3) is 0.429. The second-order valence-corrected chi connectivity index (χ2v) is 5.60. The summed E-state index contributed by atoms with van der Waals surface area (Å²) in [6.45, 7) is 6.67. The predicted molar refractivity (Wildman–Crippen MR) is 79.4 cm³/mol. The Balaban J connectivity index is 2.48. The average Bonchev–Trinajstić information content (AvgIpc) is 2.69. The molecule has 0 bridgehead atoms. The zero-order valence-corrected chi connectivity index (χ0v) is 12.2. The van der Waals surface area contributed by atoms with Crippen LogP contribution < -0.4 is 9.64 Å². The van der Waals surface area contributed by atoms with Crippen molar-refractivity contribution in [3.05, 3.63) is 23.8 Å². The maximum Gasteiger partial charge on any atom is 0.243 e. The van der Waals surface area contributed by atoms with Crippen LogP contribution >= 0.6 is 11.8 Å². The molecule has 1 aliphatic rings. The fourth-order valence-corrected chi connectivity index (χ4v) is 2.80. The Morgan fingerprint density at radius 1 is 1.47 bits per heavy atom. The molecule has 0 unspecified atom stereocenters. The van der Waals surface area contributed by atoms with Crippen molar-refractivity contribution in [1.82, 2.24) is 0 Å². The predicted octanol–water partition coefficient (Wildman–Crippen LogP) is 3.22. The summed E-state index contributed by atoms with van der Waals surface area (Å²) in [5.41, 5.74) is 1.84. The van der Waals surface area contributed by atoms with E-state index in [2.05, 4.69) is 13.8 Å². The molecule has 0 atom stereocenters. The molecule has 0 saturated carbocycles. The molecule has 0 spiro atoms. The molecule has 5 heteroatoms. The van der Waals surface area contributed by atoms with Crippen LogP contribution in [0.15, 0.2) is 18.2 Å². The molecular weight excluding hydrogens is 260 g/mol. The number of carbonyl (C=O) groups is 1. The summed E-state index contributed by atoms with van der Waals surface area (Å²) in [7, 11) is 0. The smallest absolute Gasteiger partial charge is 0.243 e. The second-order valence-electron chi connectivity index (χ2n) is 4.63. The lowest BCUT2D eigenvalue weighted by Crippen LogP contribution is -2.29. The monoisotopic (exact) mass is 278 g/mol. The SMILES string of the molecule is CCOc1ccc(C(C)C)c(N2C(=N)SCC2=O)c1. The summed E-state index contributed by atoms with van der Waals surface area (Å²) in [5.74, 6) is 1.33. The number of nitrogens with one attached hydrogen (secondary N) is 1. The van der Waals surface area contributed by atoms with Crippen molar-refractivity contribution >= 4 is 28.5 Å². The number of nitrogens with zero attached hydrogens (tertiary/aromatic N) is 1. The average molecular weight is 278 g/mol. The summed E-state index contributed by atoms with van der Waals surface area (Å²) in [6.07, 6.45) is 0. The molecule has 1 saturated heterocycles. The largest absolute Gasteiger partial charge is 0.494 e. The van der Waals surface area contributed by atoms with Crippen molar-refractivity contribution in [2.45, 2.75) is 26.7 Å². The quantitative estimate of drug-likeness (QED) is 0.920. The number of benzene rings is 1. The number of amides is 1. The fourth-order valence-electron chi connectivity index (χ4n) is 2.08. The Labute approximate surface area is 117 Å². The summed E-state index contributed by atoms with van der Waals surface area (Å²) in [5, 5.41) is 8.20. The standard InChI is InChI=1S/C14H18N2O2S/c1-4-18-10-5-6-11(9(2)3)12(7-10)16-13(17)8-19-14(16)15/h5-7,9,15H,4,8H2,1-3H3. The van der Waals surface area contributed by atoms with Crippen molar-refractivity contribution in [2.75, 3.05) is 17.3 Å². The van der Waals surface area contributed by atoms with Crippen LogP contribution in [0.3, 0.4) is 0 Å². The van der Waals surface area contributed by atoms with E-state index in [1.807, 2.05) is 25.1 Å². The number of rotatable bonds is 4. The zero-order chi connectivity index (χ0) is 14.0. The van der Waals surface area contributed by atoms with Gasteiger partial charge in [-0.25, -0.2) is 0 Å². The van der Waals surface area contributed by atoms with Gasteiger partial charge in [0.2, 0.25) is 5.91 Å². The van der Waals surface area contributed by atoms with Crippen molar-refractivity contribution in [3.8, 4) is 5.75 Å². The molecular formula is C14H18N2O2S. The zero-order valence-electron chi connectivity index (χ0n) is 11.4. The van der Waals surface area contributed by atoms with Gasteiger partial charge >= 0.3 is 0 Å². The van der Waals surface area contributed by atoms with Gasteiger partial charge in [0.15, 0.2) is 5.17 Å². The van der Waals surface area contributed by atoms with Gasteiger partial charge in [-0.15, -0.1) is 0 Å². The van der Waals surface area contributed by atoms with Gasteiger partial charge in [0.1, 0.15) is 5.75 Å². The molecule has 19 heavy (non-hydrogen) atoms. The molecule has 1 fully saturated rings. The van der Waals surface area contributed by atoms with Crippen molar-refractivity contribution < 1.29 is 9.53 Å². The molecule has 0 radical (unpaired) electrons. The van der Waals surface area contributed by atoms with E-state index in [1.165, 1.54) is 16.7 Å². The van der Waals surface area contributed by atoms with Crippen LogP contribution in [0.4, 0.5) is 5.69 Å². The number of anilines is 1. The first-order valence-corrected chi connectivity index (χ1v) is 7.34. The summed E-state index contributed by atoms with van der Waals surface area (Å²) >= 11 is 1.27. The summed E-state index contributed by atoms with van der Waals surface area (Å²) < 4.78 is 5.50. The van der Waals surface area contributed by atoms with Gasteiger partial charge in [-0.2, -0.15) is 0 Å². The third kappa shape index (κ3) is 2.76. The first-order valence-electron chi connectivity index (χ1n) is 6.35. The van der Waals surface area contributed by atoms with Gasteiger partial charge in [-0.05, 0) is 24.5 Å². The highest BCUT2D eigenvalue weighted by Gasteiger charge is 2.30. The molecule has 1 heterocycles. The highest BCUT2D eigenvalue weighted by atomic mass is 32.2. The van der Waals surface area contributed by atoms with E-state index in [4.69, 9.17) is 10.1 Å². The molecule has 1 amide bonds. The lowest BCUT2D eigenvalue weighted by molar-refractivity contribution is -0.115. The lowest BCUT2D eigenvalue weighted by Gasteiger charge is -2.21. The third-order valence-corrected chi connectivity index (χ3v) is 3.81. The molecule has 2 rings (SSSR count). The maximum atomic E-state index is 12.0. The van der Waals surface area contributed by atoms with Gasteiger partial charge in [0.25, 0.3) is 0 Å². The van der Waals surface area contributed by atoms with Crippen LogP contribution in [-0.4, -0.2) is 23.4 Å². The maximum absolute atomic E-state index is 12.0. The minimum Gasteiger partial charge on any atom is -0.494 e. The molecule has 4 nitrogen and oxygen atoms in total. The van der Waals surface area contributed by atoms with Crippen LogP contribution in [0.25, 0.3) is 0 Å². The minimum atomic E-state index is -0.0365. The van der Waals surface area contributed by atoms with E-state index >= 15 is 0 Å². The lowest BCUT2D eigenvalue weighted by atomic mass is 10.00.